The van der Waals surface area contributed by atoms with E-state index in [-0.39, 0.29) is 0 Å². The monoisotopic (exact) mass is 122 g/mol. The Kier molecular flexibility index (Phi) is 3.04. The molecule has 1 nitrogen and oxygen atoms in total. The molecule has 0 aliphatic rings. The van der Waals surface area contributed by atoms with E-state index in [1.807, 2.05) is 0 Å². The number of aliphatic hydroxyl groups is 1. The molecule has 0 radical (unpaired) electrons. The molecule has 0 aromatic carbocycles. The van der Waals surface area contributed by atoms with Gasteiger partial charge in [0.05, 0.1) is 6.26 Å². The molecule has 0 aliphatic heterocycles. The maximum absolute atomic E-state index is 7.65. The molecule has 1 N–H and O–H groups in total. The lowest BCUT2D eigenvalue weighted by Crippen LogP contribution is -1.31. The Morgan fingerprint density at radius 1 is 1.75 bits per heavy atom. The van der Waals surface area contributed by atoms with Crippen LogP contribution in [0.1, 0.15) is 0 Å². The highest BCUT2D eigenvalue weighted by molar-refractivity contribution is 9.11. The first-order valence-corrected chi connectivity index (χ1v) is 1.73. The SMILES string of the molecule is O/C=C\Br. The second-order valence-corrected chi connectivity index (χ2v) is 0.804. The van der Waals surface area contributed by atoms with Gasteiger partial charge in [-0.3, -0.25) is 0 Å². The molecule has 0 aliphatic carbocycles. The summed E-state index contributed by atoms with van der Waals surface area (Å²) < 4.78 is 0. The average molecular weight is 123 g/mol. The summed E-state index contributed by atoms with van der Waals surface area (Å²) in [7, 11) is 0. The molecule has 0 saturated heterocycles. The van der Waals surface area contributed by atoms with E-state index in [1.165, 1.54) is 4.99 Å². The molecule has 0 unspecified atom stereocenters. The minimum absolute atomic E-state index is 0.917. The standard InChI is InChI=1S/C2H3BrO/c3-1-2-4/h1-2,4H/b2-1-. The molecule has 4 heavy (non-hydrogen) atoms. The zero-order chi connectivity index (χ0) is 3.41. The molecule has 0 aromatic heterocycles. The van der Waals surface area contributed by atoms with Gasteiger partial charge in [-0.05, 0) is 0 Å². The van der Waals surface area contributed by atoms with Crippen molar-refractivity contribution in [1.29, 1.82) is 0 Å². The van der Waals surface area contributed by atoms with Gasteiger partial charge < -0.3 is 5.11 Å². The lowest BCUT2D eigenvalue weighted by molar-refractivity contribution is 0.475. The van der Waals surface area contributed by atoms with Gasteiger partial charge in [0.1, 0.15) is 0 Å². The van der Waals surface area contributed by atoms with Gasteiger partial charge >= 0.3 is 0 Å². The van der Waals surface area contributed by atoms with Crippen molar-refractivity contribution in [2.75, 3.05) is 0 Å². The van der Waals surface area contributed by atoms with E-state index in [0.717, 1.165) is 6.26 Å². The Labute approximate surface area is 33.1 Å². The van der Waals surface area contributed by atoms with Gasteiger partial charge in [-0.15, -0.1) is 0 Å². The number of aliphatic hydroxyl groups excluding tert-OH is 1. The summed E-state index contributed by atoms with van der Waals surface area (Å²) >= 11 is 2.82. The second kappa shape index (κ2) is 3.02. The van der Waals surface area contributed by atoms with E-state index in [2.05, 4.69) is 15.9 Å². The molecule has 0 spiro atoms. The largest absolute Gasteiger partial charge is 0.515 e. The summed E-state index contributed by atoms with van der Waals surface area (Å²) in [5.41, 5.74) is 0. The first kappa shape index (κ1) is 4.02. The van der Waals surface area contributed by atoms with Crippen LogP contribution >= 0.6 is 15.9 Å². The van der Waals surface area contributed by atoms with Crippen LogP contribution in [-0.4, -0.2) is 5.11 Å². The van der Waals surface area contributed by atoms with Crippen molar-refractivity contribution in [3.63, 3.8) is 0 Å². The first-order valence-electron chi connectivity index (χ1n) is 0.810. The van der Waals surface area contributed by atoms with Crippen LogP contribution < -0.4 is 0 Å². The molecular weight excluding hydrogens is 120 g/mol. The smallest absolute Gasteiger partial charge is 0.0860 e. The number of hydrogen-bond acceptors (Lipinski definition) is 1. The van der Waals surface area contributed by atoms with Crippen LogP contribution in [0.25, 0.3) is 0 Å². The van der Waals surface area contributed by atoms with Crippen molar-refractivity contribution in [3.05, 3.63) is 11.2 Å². The lowest BCUT2D eigenvalue weighted by atomic mass is 11.2. The summed E-state index contributed by atoms with van der Waals surface area (Å²) in [4.78, 5) is 1.37. The number of rotatable bonds is 0. The molecule has 0 bridgehead atoms. The van der Waals surface area contributed by atoms with Crippen LogP contribution in [0, 0.1) is 0 Å². The van der Waals surface area contributed by atoms with Crippen LogP contribution in [0.2, 0.25) is 0 Å². The third-order valence-electron chi connectivity index (χ3n) is 0.0563. The van der Waals surface area contributed by atoms with Gasteiger partial charge in [-0.1, -0.05) is 15.9 Å². The second-order valence-electron chi connectivity index (χ2n) is 0.275. The minimum Gasteiger partial charge on any atom is -0.515 e. The fraction of sp³-hybridized carbons (Fsp3) is 0. The molecule has 24 valence electrons. The van der Waals surface area contributed by atoms with Crippen molar-refractivity contribution in [2.24, 2.45) is 0 Å². The van der Waals surface area contributed by atoms with Gasteiger partial charge in [-0.2, -0.15) is 0 Å². The van der Waals surface area contributed by atoms with Crippen LogP contribution in [0.15, 0.2) is 11.2 Å². The maximum Gasteiger partial charge on any atom is 0.0860 e. The van der Waals surface area contributed by atoms with Crippen molar-refractivity contribution >= 4 is 15.9 Å². The fourth-order valence-corrected chi connectivity index (χ4v) is 0. The van der Waals surface area contributed by atoms with E-state index in [0.29, 0.717) is 0 Å². The Morgan fingerprint density at radius 3 is 2.00 bits per heavy atom. The number of hydrogen-bond donors (Lipinski definition) is 1. The Hall–Kier alpha value is 0.0200. The van der Waals surface area contributed by atoms with Gasteiger partial charge in [0.15, 0.2) is 0 Å². The van der Waals surface area contributed by atoms with E-state index >= 15 is 0 Å². The molecule has 0 fully saturated rings. The van der Waals surface area contributed by atoms with Gasteiger partial charge in [0.2, 0.25) is 0 Å². The van der Waals surface area contributed by atoms with E-state index < -0.39 is 0 Å². The molecule has 2 heteroatoms. The molecule has 0 aromatic rings. The third-order valence-corrected chi connectivity index (χ3v) is 0.293. The van der Waals surface area contributed by atoms with Gasteiger partial charge in [0, 0.05) is 4.99 Å². The normalized spacial score (nSPS) is 9.25. The zero-order valence-electron chi connectivity index (χ0n) is 1.98. The molecule has 0 atom stereocenters. The van der Waals surface area contributed by atoms with Crippen LogP contribution in [0.3, 0.4) is 0 Å². The minimum atomic E-state index is 0.917. The molecular formula is C2H3BrO. The highest BCUT2D eigenvalue weighted by atomic mass is 79.9. The molecule has 0 amide bonds. The van der Waals surface area contributed by atoms with Crippen LogP contribution in [0.5, 0.6) is 0 Å². The van der Waals surface area contributed by atoms with Crippen molar-refractivity contribution in [1.82, 2.24) is 0 Å². The highest BCUT2D eigenvalue weighted by Gasteiger charge is 1.38. The topological polar surface area (TPSA) is 20.2 Å². The summed E-state index contributed by atoms with van der Waals surface area (Å²) in [5.74, 6) is 0. The summed E-state index contributed by atoms with van der Waals surface area (Å²) in [5, 5.41) is 7.65. The summed E-state index contributed by atoms with van der Waals surface area (Å²) in [6.07, 6.45) is 0.917. The predicted octanol–water partition coefficient (Wildman–Crippen LogP) is 1.41. The maximum atomic E-state index is 7.65. The predicted molar refractivity (Wildman–Crippen MR) is 20.7 cm³/mol. The summed E-state index contributed by atoms with van der Waals surface area (Å²) in [6, 6.07) is 0. The fourth-order valence-electron chi connectivity index (χ4n) is 0. The van der Waals surface area contributed by atoms with Crippen LogP contribution in [0.4, 0.5) is 0 Å². The van der Waals surface area contributed by atoms with E-state index in [4.69, 9.17) is 5.11 Å². The third kappa shape index (κ3) is 2.02. The highest BCUT2D eigenvalue weighted by Crippen LogP contribution is 1.74. The Balaban J connectivity index is 2.55. The van der Waals surface area contributed by atoms with E-state index in [1.54, 1.807) is 0 Å². The van der Waals surface area contributed by atoms with E-state index in [9.17, 15) is 0 Å². The average Bonchev–Trinajstić information content (AvgIpc) is 1.37. The zero-order valence-corrected chi connectivity index (χ0v) is 3.57. The molecule has 0 heterocycles. The number of halogens is 1. The quantitative estimate of drug-likeness (QED) is 0.482. The molecule has 0 saturated carbocycles. The van der Waals surface area contributed by atoms with Crippen molar-refractivity contribution in [3.8, 4) is 0 Å². The van der Waals surface area contributed by atoms with Gasteiger partial charge in [0.25, 0.3) is 0 Å². The van der Waals surface area contributed by atoms with Crippen molar-refractivity contribution in [2.45, 2.75) is 0 Å². The Morgan fingerprint density at radius 2 is 2.00 bits per heavy atom. The lowest BCUT2D eigenvalue weighted by Gasteiger charge is -1.51. The Bertz CT molecular complexity index is 21.2. The van der Waals surface area contributed by atoms with Crippen molar-refractivity contribution < 1.29 is 5.11 Å². The first-order chi connectivity index (χ1) is 1.91. The van der Waals surface area contributed by atoms with Crippen LogP contribution in [-0.2, 0) is 0 Å². The summed E-state index contributed by atoms with van der Waals surface area (Å²) in [6.45, 7) is 0. The molecule has 0 rings (SSSR count). The van der Waals surface area contributed by atoms with Gasteiger partial charge in [-0.25, -0.2) is 0 Å².